The lowest BCUT2D eigenvalue weighted by Crippen LogP contribution is -2.27. The molecule has 1 aliphatic heterocycles. The second-order valence-corrected chi connectivity index (χ2v) is 6.81. The Labute approximate surface area is 139 Å². The van der Waals surface area contributed by atoms with E-state index in [2.05, 4.69) is 6.07 Å². The van der Waals surface area contributed by atoms with Gasteiger partial charge in [-0.05, 0) is 25.2 Å². The van der Waals surface area contributed by atoms with E-state index in [-0.39, 0.29) is 17.2 Å². The van der Waals surface area contributed by atoms with E-state index in [1.807, 2.05) is 19.9 Å². The number of carbonyl (C=O) groups is 1. The summed E-state index contributed by atoms with van der Waals surface area (Å²) in [6.45, 7) is 3.89. The minimum Gasteiger partial charge on any atom is -0.455 e. The Balaban J connectivity index is 2.19. The highest BCUT2D eigenvalue weighted by molar-refractivity contribution is 7.99. The Bertz CT molecular complexity index is 767. The van der Waals surface area contributed by atoms with Gasteiger partial charge in [-0.2, -0.15) is 5.26 Å². The second-order valence-electron chi connectivity index (χ2n) is 5.57. The number of aryl methyl sites for hydroxylation is 1. The first-order valence-corrected chi connectivity index (χ1v) is 8.62. The zero-order valence-corrected chi connectivity index (χ0v) is 14.0. The summed E-state index contributed by atoms with van der Waals surface area (Å²) in [5.41, 5.74) is 7.65. The van der Waals surface area contributed by atoms with Crippen LogP contribution in [-0.4, -0.2) is 11.5 Å². The van der Waals surface area contributed by atoms with Crippen molar-refractivity contribution < 1.29 is 13.9 Å². The minimum atomic E-state index is -0.483. The molecule has 2 heterocycles. The normalized spacial score (nSPS) is 21.1. The molecule has 6 heteroatoms. The maximum absolute atomic E-state index is 12.5. The summed E-state index contributed by atoms with van der Waals surface area (Å²) >= 11 is 1.56. The molecule has 0 bridgehead atoms. The molecule has 0 spiro atoms. The van der Waals surface area contributed by atoms with Crippen LogP contribution in [0.25, 0.3) is 0 Å². The number of carbonyl (C=O) groups excluding carboxylic acids is 1. The molecular formula is C17H18N2O3S. The van der Waals surface area contributed by atoms with Gasteiger partial charge >= 0.3 is 0 Å². The van der Waals surface area contributed by atoms with E-state index in [9.17, 15) is 10.1 Å². The quantitative estimate of drug-likeness (QED) is 0.853. The Morgan fingerprint density at radius 3 is 2.96 bits per heavy atom. The van der Waals surface area contributed by atoms with E-state index in [0.29, 0.717) is 24.2 Å². The van der Waals surface area contributed by atoms with Crippen molar-refractivity contribution in [1.82, 2.24) is 0 Å². The SMILES string of the molecule is CCSc1oc(C)cc1[C@H]1C(C#N)=C(N)OC2=C1C(=O)CCC2. The van der Waals surface area contributed by atoms with E-state index < -0.39 is 5.92 Å². The molecular weight excluding hydrogens is 312 g/mol. The number of Topliss-reactive ketones (excluding diaryl/α,β-unsaturated/α-hetero) is 1. The zero-order valence-electron chi connectivity index (χ0n) is 13.1. The number of ketones is 1. The van der Waals surface area contributed by atoms with Gasteiger partial charge in [-0.3, -0.25) is 4.79 Å². The lowest BCUT2D eigenvalue weighted by atomic mass is 9.78. The van der Waals surface area contributed by atoms with Crippen molar-refractivity contribution in [2.45, 2.75) is 44.1 Å². The van der Waals surface area contributed by atoms with Crippen molar-refractivity contribution >= 4 is 17.5 Å². The maximum atomic E-state index is 12.5. The number of thioether (sulfide) groups is 1. The fraction of sp³-hybridized carbons (Fsp3) is 0.412. The molecule has 1 aromatic heterocycles. The highest BCUT2D eigenvalue weighted by atomic mass is 32.2. The standard InChI is InChI=1S/C17H18N2O3S/c1-3-23-17-10(7-9(2)21-17)14-11(8-18)16(19)22-13-6-4-5-12(20)15(13)14/h7,14H,3-6,19H2,1-2H3/t14-/m0/s1. The number of hydrogen-bond acceptors (Lipinski definition) is 6. The Hall–Kier alpha value is -2.13. The lowest BCUT2D eigenvalue weighted by molar-refractivity contribution is -0.116. The summed E-state index contributed by atoms with van der Waals surface area (Å²) < 4.78 is 11.3. The van der Waals surface area contributed by atoms with Crippen molar-refractivity contribution in [3.63, 3.8) is 0 Å². The first-order chi connectivity index (χ1) is 11.1. The van der Waals surface area contributed by atoms with E-state index >= 15 is 0 Å². The number of allylic oxidation sites excluding steroid dienone is 3. The molecule has 1 aliphatic carbocycles. The number of furan rings is 1. The van der Waals surface area contributed by atoms with E-state index in [4.69, 9.17) is 14.9 Å². The van der Waals surface area contributed by atoms with Crippen LogP contribution in [0.3, 0.4) is 0 Å². The zero-order chi connectivity index (χ0) is 16.6. The van der Waals surface area contributed by atoms with Gasteiger partial charge in [0.05, 0.1) is 5.92 Å². The molecule has 0 fully saturated rings. The smallest absolute Gasteiger partial charge is 0.205 e. The van der Waals surface area contributed by atoms with Gasteiger partial charge in [0, 0.05) is 24.0 Å². The molecule has 0 amide bonds. The van der Waals surface area contributed by atoms with Crippen LogP contribution in [0.15, 0.2) is 38.4 Å². The van der Waals surface area contributed by atoms with E-state index in [1.54, 1.807) is 11.8 Å². The third kappa shape index (κ3) is 2.66. The fourth-order valence-corrected chi connectivity index (χ4v) is 3.92. The van der Waals surface area contributed by atoms with E-state index in [0.717, 1.165) is 28.6 Å². The second kappa shape index (κ2) is 6.17. The van der Waals surface area contributed by atoms with Crippen LogP contribution in [0.2, 0.25) is 0 Å². The summed E-state index contributed by atoms with van der Waals surface area (Å²) in [6.07, 6.45) is 1.90. The van der Waals surface area contributed by atoms with Crippen molar-refractivity contribution in [2.75, 3.05) is 5.75 Å². The molecule has 0 radical (unpaired) electrons. The monoisotopic (exact) mass is 330 g/mol. The summed E-state index contributed by atoms with van der Waals surface area (Å²) in [5.74, 6) is 1.84. The fourth-order valence-electron chi connectivity index (χ4n) is 3.12. The molecule has 1 aromatic rings. The topological polar surface area (TPSA) is 89.2 Å². The van der Waals surface area contributed by atoms with Crippen molar-refractivity contribution in [3.8, 4) is 6.07 Å². The highest BCUT2D eigenvalue weighted by Gasteiger charge is 2.39. The van der Waals surface area contributed by atoms with E-state index in [1.165, 1.54) is 0 Å². The molecule has 2 N–H and O–H groups in total. The molecule has 23 heavy (non-hydrogen) atoms. The van der Waals surface area contributed by atoms with Crippen molar-refractivity contribution in [2.24, 2.45) is 5.73 Å². The average molecular weight is 330 g/mol. The highest BCUT2D eigenvalue weighted by Crippen LogP contribution is 2.46. The van der Waals surface area contributed by atoms with Crippen LogP contribution in [0, 0.1) is 18.3 Å². The average Bonchev–Trinajstić information content (AvgIpc) is 2.87. The predicted molar refractivity (Wildman–Crippen MR) is 86.4 cm³/mol. The van der Waals surface area contributed by atoms with Gasteiger partial charge in [-0.1, -0.05) is 18.7 Å². The number of nitrogens with two attached hydrogens (primary N) is 1. The van der Waals surface area contributed by atoms with Crippen molar-refractivity contribution in [3.05, 3.63) is 40.2 Å². The Kier molecular flexibility index (Phi) is 4.22. The maximum Gasteiger partial charge on any atom is 0.205 e. The summed E-state index contributed by atoms with van der Waals surface area (Å²) in [4.78, 5) is 12.5. The van der Waals surface area contributed by atoms with Gasteiger partial charge in [-0.15, -0.1) is 0 Å². The Morgan fingerprint density at radius 2 is 2.26 bits per heavy atom. The Morgan fingerprint density at radius 1 is 1.48 bits per heavy atom. The number of rotatable bonds is 3. The first kappa shape index (κ1) is 15.8. The van der Waals surface area contributed by atoms with Crippen molar-refractivity contribution in [1.29, 1.82) is 5.26 Å². The predicted octanol–water partition coefficient (Wildman–Crippen LogP) is 3.51. The van der Waals surface area contributed by atoms with Gasteiger partial charge < -0.3 is 14.9 Å². The largest absolute Gasteiger partial charge is 0.455 e. The van der Waals surface area contributed by atoms with Crippen LogP contribution in [-0.2, 0) is 9.53 Å². The molecule has 1 atom stereocenters. The van der Waals surface area contributed by atoms with Crippen LogP contribution in [0.1, 0.15) is 43.4 Å². The molecule has 0 unspecified atom stereocenters. The molecule has 5 nitrogen and oxygen atoms in total. The third-order valence-corrected chi connectivity index (χ3v) is 4.91. The van der Waals surface area contributed by atoms with Crippen LogP contribution in [0.4, 0.5) is 0 Å². The molecule has 3 rings (SSSR count). The molecule has 0 saturated carbocycles. The lowest BCUT2D eigenvalue weighted by Gasteiger charge is -2.30. The minimum absolute atomic E-state index is 0.0304. The summed E-state index contributed by atoms with van der Waals surface area (Å²) in [5, 5.41) is 10.3. The molecule has 0 aromatic carbocycles. The summed E-state index contributed by atoms with van der Waals surface area (Å²) in [6, 6.07) is 4.02. The van der Waals surface area contributed by atoms with Gasteiger partial charge in [0.15, 0.2) is 10.9 Å². The third-order valence-electron chi connectivity index (χ3n) is 4.04. The van der Waals surface area contributed by atoms with Crippen LogP contribution >= 0.6 is 11.8 Å². The molecule has 0 saturated heterocycles. The van der Waals surface area contributed by atoms with Gasteiger partial charge in [-0.25, -0.2) is 0 Å². The van der Waals surface area contributed by atoms with Crippen LogP contribution in [0.5, 0.6) is 0 Å². The number of ether oxygens (including phenoxy) is 1. The van der Waals surface area contributed by atoms with Gasteiger partial charge in [0.25, 0.3) is 0 Å². The number of nitriles is 1. The molecule has 120 valence electrons. The molecule has 2 aliphatic rings. The first-order valence-electron chi connectivity index (χ1n) is 7.63. The number of nitrogens with zero attached hydrogens (tertiary/aromatic N) is 1. The van der Waals surface area contributed by atoms with Gasteiger partial charge in [0.2, 0.25) is 5.88 Å². The summed E-state index contributed by atoms with van der Waals surface area (Å²) in [7, 11) is 0. The van der Waals surface area contributed by atoms with Crippen LogP contribution < -0.4 is 5.73 Å². The number of hydrogen-bond donors (Lipinski definition) is 1. The van der Waals surface area contributed by atoms with Gasteiger partial charge in [0.1, 0.15) is 23.2 Å².